The summed E-state index contributed by atoms with van der Waals surface area (Å²) in [5.74, 6) is 0. The normalized spacial score (nSPS) is 13.6. The molecular weight excluding hydrogens is 140 g/mol. The maximum Gasteiger partial charge on any atom is 0.233 e. The molecule has 0 aliphatic rings. The molecule has 5 nitrogen and oxygen atoms in total. The summed E-state index contributed by atoms with van der Waals surface area (Å²) in [6.45, 7) is 1.64. The summed E-state index contributed by atoms with van der Waals surface area (Å²) in [5.41, 5.74) is -0.484. The number of hydrogen-bond donors (Lipinski definition) is 2. The van der Waals surface area contributed by atoms with Gasteiger partial charge in [0.2, 0.25) is 5.16 Å². The lowest BCUT2D eigenvalue weighted by Gasteiger charge is -1.94. The predicted octanol–water partition coefficient (Wildman–Crippen LogP) is -0.370. The molecule has 0 aromatic carbocycles. The summed E-state index contributed by atoms with van der Waals surface area (Å²) in [6.07, 6.45) is 0. The highest BCUT2D eigenvalue weighted by Crippen LogP contribution is 2.13. The minimum atomic E-state index is -0.484. The molecule has 0 spiro atoms. The molecule has 6 heteroatoms. The van der Waals surface area contributed by atoms with Gasteiger partial charge in [-0.3, -0.25) is 0 Å². The van der Waals surface area contributed by atoms with Gasteiger partial charge in [-0.05, 0) is 12.1 Å². The van der Waals surface area contributed by atoms with Crippen LogP contribution in [0, 0.1) is 0 Å². The lowest BCUT2D eigenvalue weighted by molar-refractivity contribution is 0.283. The summed E-state index contributed by atoms with van der Waals surface area (Å²) in [6, 6.07) is 0. The molecule has 0 aliphatic carbocycles. The Hall–Kier alpha value is -0.620. The van der Waals surface area contributed by atoms with Crippen LogP contribution >= 0.6 is 11.8 Å². The van der Waals surface area contributed by atoms with Crippen LogP contribution in [0.5, 0.6) is 0 Å². The first-order valence-corrected chi connectivity index (χ1v) is 3.25. The Morgan fingerprint density at radius 3 is 3.00 bits per heavy atom. The Labute approximate surface area is 55.9 Å². The molecular formula is C3H6N4OS. The molecule has 0 aliphatic heterocycles. The fourth-order valence-electron chi connectivity index (χ4n) is 0.355. The smallest absolute Gasteiger partial charge is 0.233 e. The van der Waals surface area contributed by atoms with E-state index in [-0.39, 0.29) is 0 Å². The minimum Gasteiger partial charge on any atom is -0.382 e. The van der Waals surface area contributed by atoms with Crippen molar-refractivity contribution in [2.75, 3.05) is 0 Å². The van der Waals surface area contributed by atoms with Crippen LogP contribution in [0.3, 0.4) is 0 Å². The Kier molecular flexibility index (Phi) is 2.01. The molecule has 0 amide bonds. The van der Waals surface area contributed by atoms with Crippen molar-refractivity contribution >= 4 is 11.8 Å². The zero-order valence-electron chi connectivity index (χ0n) is 4.77. The van der Waals surface area contributed by atoms with Crippen molar-refractivity contribution in [1.29, 1.82) is 0 Å². The third-order valence-electron chi connectivity index (χ3n) is 0.602. The second kappa shape index (κ2) is 2.79. The van der Waals surface area contributed by atoms with Crippen molar-refractivity contribution in [3.63, 3.8) is 0 Å². The van der Waals surface area contributed by atoms with E-state index in [1.54, 1.807) is 6.92 Å². The van der Waals surface area contributed by atoms with Crippen LogP contribution in [0.4, 0.5) is 0 Å². The summed E-state index contributed by atoms with van der Waals surface area (Å²) < 4.78 is 0. The van der Waals surface area contributed by atoms with Crippen LogP contribution in [-0.4, -0.2) is 31.2 Å². The molecule has 0 saturated heterocycles. The van der Waals surface area contributed by atoms with Crippen LogP contribution in [-0.2, 0) is 0 Å². The van der Waals surface area contributed by atoms with Crippen LogP contribution in [0.15, 0.2) is 5.16 Å². The Morgan fingerprint density at radius 2 is 2.56 bits per heavy atom. The van der Waals surface area contributed by atoms with Gasteiger partial charge in [-0.15, -0.1) is 10.2 Å². The molecule has 1 aromatic rings. The van der Waals surface area contributed by atoms with E-state index >= 15 is 0 Å². The molecule has 1 rings (SSSR count). The van der Waals surface area contributed by atoms with Gasteiger partial charge < -0.3 is 5.11 Å². The standard InChI is InChI=1S/C3H6N4OS/c1-2(8)9-3-4-6-7-5-3/h2,8H,1H3,(H,4,5,6,7). The molecule has 0 radical (unpaired) electrons. The van der Waals surface area contributed by atoms with Gasteiger partial charge in [-0.1, -0.05) is 11.8 Å². The molecule has 50 valence electrons. The van der Waals surface area contributed by atoms with E-state index in [1.165, 1.54) is 0 Å². The zero-order valence-corrected chi connectivity index (χ0v) is 5.59. The van der Waals surface area contributed by atoms with Crippen molar-refractivity contribution in [3.05, 3.63) is 0 Å². The van der Waals surface area contributed by atoms with Crippen molar-refractivity contribution in [2.24, 2.45) is 0 Å². The summed E-state index contributed by atoms with van der Waals surface area (Å²) >= 11 is 1.14. The number of aromatic amines is 1. The van der Waals surface area contributed by atoms with Gasteiger partial charge in [-0.2, -0.15) is 5.21 Å². The lowest BCUT2D eigenvalue weighted by atomic mass is 10.9. The fraction of sp³-hybridized carbons (Fsp3) is 0.667. The number of thioether (sulfide) groups is 1. The number of tetrazole rings is 1. The predicted molar refractivity (Wildman–Crippen MR) is 31.7 cm³/mol. The fourth-order valence-corrected chi connectivity index (χ4v) is 0.842. The maximum absolute atomic E-state index is 8.77. The number of hydrogen-bond acceptors (Lipinski definition) is 5. The number of aliphatic hydroxyl groups is 1. The van der Waals surface area contributed by atoms with E-state index in [0.29, 0.717) is 5.16 Å². The number of nitrogens with zero attached hydrogens (tertiary/aromatic N) is 3. The topological polar surface area (TPSA) is 74.7 Å². The van der Waals surface area contributed by atoms with Crippen LogP contribution in [0.2, 0.25) is 0 Å². The highest BCUT2D eigenvalue weighted by atomic mass is 32.2. The van der Waals surface area contributed by atoms with Gasteiger partial charge in [0, 0.05) is 0 Å². The number of H-pyrrole nitrogens is 1. The van der Waals surface area contributed by atoms with E-state index in [2.05, 4.69) is 20.6 Å². The first-order valence-electron chi connectivity index (χ1n) is 2.37. The second-order valence-corrected chi connectivity index (χ2v) is 2.69. The molecule has 1 aromatic heterocycles. The van der Waals surface area contributed by atoms with Crippen molar-refractivity contribution in [2.45, 2.75) is 17.5 Å². The van der Waals surface area contributed by atoms with Gasteiger partial charge in [-0.25, -0.2) is 0 Å². The van der Waals surface area contributed by atoms with Crippen LogP contribution in [0.1, 0.15) is 6.92 Å². The number of aromatic nitrogens is 4. The highest BCUT2D eigenvalue weighted by Gasteiger charge is 2.01. The molecule has 0 bridgehead atoms. The number of nitrogens with one attached hydrogen (secondary N) is 1. The van der Waals surface area contributed by atoms with E-state index in [4.69, 9.17) is 5.11 Å². The van der Waals surface area contributed by atoms with Gasteiger partial charge in [0.1, 0.15) is 5.44 Å². The Morgan fingerprint density at radius 1 is 1.78 bits per heavy atom. The van der Waals surface area contributed by atoms with E-state index in [9.17, 15) is 0 Å². The van der Waals surface area contributed by atoms with Gasteiger partial charge in [0.05, 0.1) is 0 Å². The Bertz CT molecular complexity index is 162. The summed E-state index contributed by atoms with van der Waals surface area (Å²) in [5, 5.41) is 22.0. The van der Waals surface area contributed by atoms with Crippen molar-refractivity contribution < 1.29 is 5.11 Å². The maximum atomic E-state index is 8.77. The molecule has 9 heavy (non-hydrogen) atoms. The minimum absolute atomic E-state index is 0.463. The SMILES string of the molecule is CC(O)Sc1nn[nH]n1. The Balaban J connectivity index is 2.48. The molecule has 2 N–H and O–H groups in total. The molecule has 0 fully saturated rings. The largest absolute Gasteiger partial charge is 0.382 e. The van der Waals surface area contributed by atoms with Crippen LogP contribution < -0.4 is 0 Å². The van der Waals surface area contributed by atoms with Crippen molar-refractivity contribution in [3.8, 4) is 0 Å². The summed E-state index contributed by atoms with van der Waals surface area (Å²) in [7, 11) is 0. The lowest BCUT2D eigenvalue weighted by Crippen LogP contribution is -1.91. The molecule has 1 unspecified atom stereocenters. The molecule has 1 atom stereocenters. The first kappa shape index (κ1) is 6.50. The monoisotopic (exact) mass is 146 g/mol. The summed E-state index contributed by atoms with van der Waals surface area (Å²) in [4.78, 5) is 0. The van der Waals surface area contributed by atoms with Gasteiger partial charge in [0.15, 0.2) is 0 Å². The third kappa shape index (κ3) is 1.98. The quantitative estimate of drug-likeness (QED) is 0.440. The van der Waals surface area contributed by atoms with E-state index < -0.39 is 5.44 Å². The van der Waals surface area contributed by atoms with Crippen LogP contribution in [0.25, 0.3) is 0 Å². The highest BCUT2D eigenvalue weighted by molar-refractivity contribution is 7.99. The third-order valence-corrected chi connectivity index (χ3v) is 1.33. The number of rotatable bonds is 2. The van der Waals surface area contributed by atoms with E-state index in [0.717, 1.165) is 11.8 Å². The van der Waals surface area contributed by atoms with E-state index in [1.807, 2.05) is 0 Å². The first-order chi connectivity index (χ1) is 4.29. The second-order valence-electron chi connectivity index (χ2n) is 1.41. The zero-order chi connectivity index (χ0) is 6.69. The average Bonchev–Trinajstić information content (AvgIpc) is 2.15. The number of aliphatic hydroxyl groups excluding tert-OH is 1. The average molecular weight is 146 g/mol. The van der Waals surface area contributed by atoms with Gasteiger partial charge in [0.25, 0.3) is 0 Å². The van der Waals surface area contributed by atoms with Gasteiger partial charge >= 0.3 is 0 Å². The molecule has 1 heterocycles. The van der Waals surface area contributed by atoms with Crippen molar-refractivity contribution in [1.82, 2.24) is 20.6 Å². The molecule has 0 saturated carbocycles.